The molecule has 1 aromatic carbocycles. The fourth-order valence-electron chi connectivity index (χ4n) is 3.08. The van der Waals surface area contributed by atoms with Crippen LogP contribution in [0.4, 0.5) is 11.6 Å². The molecule has 7 heteroatoms. The molecule has 25 heavy (non-hydrogen) atoms. The average Bonchev–Trinajstić information content (AvgIpc) is 3.08. The van der Waals surface area contributed by atoms with Crippen LogP contribution in [0.3, 0.4) is 0 Å². The lowest BCUT2D eigenvalue weighted by Crippen LogP contribution is -2.44. The number of ether oxygens (including phenoxy) is 2. The fraction of sp³-hybridized carbons (Fsp3) is 0.444. The molecule has 2 aromatic rings. The molecule has 0 saturated carbocycles. The van der Waals surface area contributed by atoms with Crippen molar-refractivity contribution in [2.24, 2.45) is 0 Å². The Balaban J connectivity index is 1.45. The molecule has 0 spiro atoms. The quantitative estimate of drug-likeness (QED) is 0.911. The first-order chi connectivity index (χ1) is 12.2. The van der Waals surface area contributed by atoms with Gasteiger partial charge in [-0.1, -0.05) is 6.07 Å². The summed E-state index contributed by atoms with van der Waals surface area (Å²) in [6.07, 6.45) is 0. The highest BCUT2D eigenvalue weighted by Gasteiger charge is 2.17. The minimum Gasteiger partial charge on any atom is -0.454 e. The van der Waals surface area contributed by atoms with Gasteiger partial charge in [0.25, 0.3) is 0 Å². The molecule has 1 aromatic heterocycles. The SMILES string of the molecule is Cc1nc(NCc2ccc3c(c2)OCO3)cc(N2CCN(C)CC2)n1. The second-order valence-electron chi connectivity index (χ2n) is 6.49. The maximum Gasteiger partial charge on any atom is 0.231 e. The Kier molecular flexibility index (Phi) is 4.31. The number of benzene rings is 1. The van der Waals surface area contributed by atoms with E-state index in [1.807, 2.05) is 31.2 Å². The number of nitrogens with one attached hydrogen (secondary N) is 1. The third kappa shape index (κ3) is 3.61. The number of piperazine rings is 1. The van der Waals surface area contributed by atoms with Gasteiger partial charge < -0.3 is 24.6 Å². The maximum atomic E-state index is 5.43. The molecule has 0 radical (unpaired) electrons. The third-order valence-electron chi connectivity index (χ3n) is 4.56. The van der Waals surface area contributed by atoms with E-state index in [1.165, 1.54) is 0 Å². The minimum atomic E-state index is 0.297. The van der Waals surface area contributed by atoms with Crippen LogP contribution in [0.25, 0.3) is 0 Å². The van der Waals surface area contributed by atoms with Crippen molar-refractivity contribution >= 4 is 11.6 Å². The van der Waals surface area contributed by atoms with Gasteiger partial charge in [0, 0.05) is 38.8 Å². The van der Waals surface area contributed by atoms with Gasteiger partial charge in [0.05, 0.1) is 0 Å². The molecule has 3 heterocycles. The van der Waals surface area contributed by atoms with Gasteiger partial charge in [-0.05, 0) is 31.7 Å². The Morgan fingerprint density at radius 1 is 1.04 bits per heavy atom. The van der Waals surface area contributed by atoms with Crippen LogP contribution in [0.2, 0.25) is 0 Å². The van der Waals surface area contributed by atoms with Crippen molar-refractivity contribution in [3.63, 3.8) is 0 Å². The summed E-state index contributed by atoms with van der Waals surface area (Å²) >= 11 is 0. The van der Waals surface area contributed by atoms with Gasteiger partial charge in [0.2, 0.25) is 6.79 Å². The summed E-state index contributed by atoms with van der Waals surface area (Å²) in [5.41, 5.74) is 1.13. The molecule has 0 bridgehead atoms. The van der Waals surface area contributed by atoms with Crippen molar-refractivity contribution in [3.05, 3.63) is 35.7 Å². The van der Waals surface area contributed by atoms with Gasteiger partial charge in [-0.25, -0.2) is 9.97 Å². The highest BCUT2D eigenvalue weighted by atomic mass is 16.7. The van der Waals surface area contributed by atoms with E-state index in [2.05, 4.69) is 32.1 Å². The number of likely N-dealkylation sites (N-methyl/N-ethyl adjacent to an activating group) is 1. The van der Waals surface area contributed by atoms with Crippen molar-refractivity contribution < 1.29 is 9.47 Å². The van der Waals surface area contributed by atoms with Crippen LogP contribution < -0.4 is 19.7 Å². The number of nitrogens with zero attached hydrogens (tertiary/aromatic N) is 4. The number of anilines is 2. The van der Waals surface area contributed by atoms with Crippen LogP contribution in [0, 0.1) is 6.92 Å². The van der Waals surface area contributed by atoms with Crippen LogP contribution in [-0.2, 0) is 6.54 Å². The molecule has 1 fully saturated rings. The van der Waals surface area contributed by atoms with E-state index in [0.717, 1.165) is 60.7 Å². The molecule has 0 atom stereocenters. The normalized spacial score (nSPS) is 17.0. The van der Waals surface area contributed by atoms with Crippen LogP contribution in [0.5, 0.6) is 11.5 Å². The van der Waals surface area contributed by atoms with Crippen LogP contribution in [0.1, 0.15) is 11.4 Å². The summed E-state index contributed by atoms with van der Waals surface area (Å²) < 4.78 is 10.8. The fourth-order valence-corrected chi connectivity index (χ4v) is 3.08. The molecule has 4 rings (SSSR count). The highest BCUT2D eigenvalue weighted by molar-refractivity contribution is 5.51. The molecule has 2 aliphatic heterocycles. The average molecular weight is 341 g/mol. The predicted molar refractivity (Wildman–Crippen MR) is 96.4 cm³/mol. The second-order valence-corrected chi connectivity index (χ2v) is 6.49. The van der Waals surface area contributed by atoms with E-state index in [0.29, 0.717) is 13.3 Å². The topological polar surface area (TPSA) is 62.8 Å². The zero-order valence-corrected chi connectivity index (χ0v) is 14.7. The molecule has 0 unspecified atom stereocenters. The molecule has 1 N–H and O–H groups in total. The number of rotatable bonds is 4. The zero-order chi connectivity index (χ0) is 17.2. The number of aromatic nitrogens is 2. The number of aryl methyl sites for hydroxylation is 1. The Hall–Kier alpha value is -2.54. The molecule has 0 aliphatic carbocycles. The third-order valence-corrected chi connectivity index (χ3v) is 4.56. The lowest BCUT2D eigenvalue weighted by Gasteiger charge is -2.33. The molecule has 0 amide bonds. The summed E-state index contributed by atoms with van der Waals surface area (Å²) in [4.78, 5) is 13.8. The Morgan fingerprint density at radius 3 is 2.68 bits per heavy atom. The summed E-state index contributed by atoms with van der Waals surface area (Å²) in [5, 5.41) is 3.40. The van der Waals surface area contributed by atoms with Crippen molar-refractivity contribution in [1.29, 1.82) is 0 Å². The molecule has 7 nitrogen and oxygen atoms in total. The van der Waals surface area contributed by atoms with Crippen molar-refractivity contribution in [2.45, 2.75) is 13.5 Å². The predicted octanol–water partition coefficient (Wildman–Crippen LogP) is 1.88. The van der Waals surface area contributed by atoms with Crippen molar-refractivity contribution in [3.8, 4) is 11.5 Å². The zero-order valence-electron chi connectivity index (χ0n) is 14.7. The Morgan fingerprint density at radius 2 is 1.84 bits per heavy atom. The number of fused-ring (bicyclic) bond motifs is 1. The first-order valence-corrected chi connectivity index (χ1v) is 8.59. The van der Waals surface area contributed by atoms with E-state index in [1.54, 1.807) is 0 Å². The summed E-state index contributed by atoms with van der Waals surface area (Å²) in [6, 6.07) is 8.02. The number of hydrogen-bond acceptors (Lipinski definition) is 7. The first kappa shape index (κ1) is 16.0. The smallest absolute Gasteiger partial charge is 0.231 e. The van der Waals surface area contributed by atoms with E-state index in [-0.39, 0.29) is 0 Å². The van der Waals surface area contributed by atoms with E-state index >= 15 is 0 Å². The van der Waals surface area contributed by atoms with Crippen LogP contribution in [0.15, 0.2) is 24.3 Å². The van der Waals surface area contributed by atoms with Crippen LogP contribution in [-0.4, -0.2) is 54.9 Å². The van der Waals surface area contributed by atoms with Gasteiger partial charge in [-0.2, -0.15) is 0 Å². The van der Waals surface area contributed by atoms with E-state index < -0.39 is 0 Å². The lowest BCUT2D eigenvalue weighted by atomic mass is 10.2. The monoisotopic (exact) mass is 341 g/mol. The molecular weight excluding hydrogens is 318 g/mol. The molecule has 1 saturated heterocycles. The van der Waals surface area contributed by atoms with Gasteiger partial charge >= 0.3 is 0 Å². The van der Waals surface area contributed by atoms with Crippen LogP contribution >= 0.6 is 0 Å². The maximum absolute atomic E-state index is 5.43. The van der Waals surface area contributed by atoms with Gasteiger partial charge in [0.1, 0.15) is 17.5 Å². The largest absolute Gasteiger partial charge is 0.454 e. The standard InChI is InChI=1S/C18H23N5O2/c1-13-20-17(10-18(21-13)23-7-5-22(2)6-8-23)19-11-14-3-4-15-16(9-14)25-12-24-15/h3-4,9-10H,5-8,11-12H2,1-2H3,(H,19,20,21). The van der Waals surface area contributed by atoms with Crippen molar-refractivity contribution in [1.82, 2.24) is 14.9 Å². The minimum absolute atomic E-state index is 0.297. The molecule has 2 aliphatic rings. The van der Waals surface area contributed by atoms with Gasteiger partial charge in [-0.3, -0.25) is 0 Å². The highest BCUT2D eigenvalue weighted by Crippen LogP contribution is 2.32. The number of hydrogen-bond donors (Lipinski definition) is 1. The first-order valence-electron chi connectivity index (χ1n) is 8.59. The van der Waals surface area contributed by atoms with Crippen molar-refractivity contribution in [2.75, 3.05) is 50.2 Å². The Labute approximate surface area is 147 Å². The van der Waals surface area contributed by atoms with Gasteiger partial charge in [-0.15, -0.1) is 0 Å². The summed E-state index contributed by atoms with van der Waals surface area (Å²) in [7, 11) is 2.15. The molecular formula is C18H23N5O2. The second kappa shape index (κ2) is 6.76. The molecule has 132 valence electrons. The summed E-state index contributed by atoms with van der Waals surface area (Å²) in [5.74, 6) is 4.23. The van der Waals surface area contributed by atoms with E-state index in [9.17, 15) is 0 Å². The summed E-state index contributed by atoms with van der Waals surface area (Å²) in [6.45, 7) is 7.02. The Bertz CT molecular complexity index is 759. The lowest BCUT2D eigenvalue weighted by molar-refractivity contribution is 0.174. The van der Waals surface area contributed by atoms with E-state index in [4.69, 9.17) is 9.47 Å². The van der Waals surface area contributed by atoms with Gasteiger partial charge in [0.15, 0.2) is 11.5 Å².